The molecule has 0 aromatic carbocycles. The highest BCUT2D eigenvalue weighted by Gasteiger charge is 2.00. The minimum absolute atomic E-state index is 0.594. The van der Waals surface area contributed by atoms with Gasteiger partial charge < -0.3 is 0 Å². The topological polar surface area (TPSA) is 0 Å². The van der Waals surface area contributed by atoms with Gasteiger partial charge in [-0.1, -0.05) is 92.5 Å². The van der Waals surface area contributed by atoms with Crippen molar-refractivity contribution in [2.45, 2.75) is 117 Å². The van der Waals surface area contributed by atoms with Crippen molar-refractivity contribution in [2.75, 3.05) is 0 Å². The molecule has 0 aliphatic rings. The third kappa shape index (κ3) is 20.8. The minimum Gasteiger partial charge on any atom is -0.0856 e. The summed E-state index contributed by atoms with van der Waals surface area (Å²) in [5.74, 6) is 0. The van der Waals surface area contributed by atoms with Gasteiger partial charge in [0, 0.05) is 3.92 Å². The molecule has 0 saturated carbocycles. The Bertz CT molecular complexity index is 671. The molecule has 0 spiro atoms. The van der Waals surface area contributed by atoms with Crippen LogP contribution in [0.4, 0.5) is 0 Å². The van der Waals surface area contributed by atoms with Gasteiger partial charge >= 0.3 is 0 Å². The summed E-state index contributed by atoms with van der Waals surface area (Å²) in [6.45, 7) is 17.8. The minimum atomic E-state index is 0.594. The average molecular weight is 537 g/mol. The average Bonchev–Trinajstić information content (AvgIpc) is 2.65. The number of halogens is 1. The van der Waals surface area contributed by atoms with Gasteiger partial charge in [0.2, 0.25) is 0 Å². The fourth-order valence-electron chi connectivity index (χ4n) is 3.35. The van der Waals surface area contributed by atoms with E-state index in [-0.39, 0.29) is 0 Å². The summed E-state index contributed by atoms with van der Waals surface area (Å²) < 4.78 is 0.594. The van der Waals surface area contributed by atoms with Crippen molar-refractivity contribution in [1.29, 1.82) is 0 Å². The zero-order chi connectivity index (χ0) is 23.6. The van der Waals surface area contributed by atoms with Gasteiger partial charge in [0.1, 0.15) is 0 Å². The van der Waals surface area contributed by atoms with Crippen molar-refractivity contribution < 1.29 is 0 Å². The molecular formula is C30H49I. The molecule has 1 unspecified atom stereocenters. The van der Waals surface area contributed by atoms with E-state index in [9.17, 15) is 0 Å². The maximum atomic E-state index is 2.59. The van der Waals surface area contributed by atoms with E-state index in [0.717, 1.165) is 6.42 Å². The summed E-state index contributed by atoms with van der Waals surface area (Å²) in [6.07, 6.45) is 25.0. The van der Waals surface area contributed by atoms with Crippen molar-refractivity contribution in [3.63, 3.8) is 0 Å². The molecule has 0 nitrogen and oxygen atoms in total. The summed E-state index contributed by atoms with van der Waals surface area (Å²) >= 11 is 2.59. The number of alkyl halides is 1. The predicted octanol–water partition coefficient (Wildman–Crippen LogP) is 11.0. The van der Waals surface area contributed by atoms with Gasteiger partial charge in [0.25, 0.3) is 0 Å². The molecule has 0 aliphatic heterocycles. The van der Waals surface area contributed by atoms with Crippen molar-refractivity contribution in [3.05, 3.63) is 69.9 Å². The lowest BCUT2D eigenvalue weighted by Crippen LogP contribution is -1.93. The van der Waals surface area contributed by atoms with Crippen LogP contribution in [0.15, 0.2) is 69.9 Å². The molecule has 1 heteroatoms. The third-order valence-electron chi connectivity index (χ3n) is 5.40. The molecule has 0 radical (unpaired) electrons. The molecule has 176 valence electrons. The van der Waals surface area contributed by atoms with Gasteiger partial charge in [0.05, 0.1) is 0 Å². The number of allylic oxidation sites excluding steroid dienone is 12. The van der Waals surface area contributed by atoms with Gasteiger partial charge in [-0.2, -0.15) is 0 Å². The fourth-order valence-corrected chi connectivity index (χ4v) is 4.22. The molecule has 0 N–H and O–H groups in total. The summed E-state index contributed by atoms with van der Waals surface area (Å²) in [5, 5.41) is 0. The highest BCUT2D eigenvalue weighted by molar-refractivity contribution is 14.1. The van der Waals surface area contributed by atoms with Crippen LogP contribution in [0.25, 0.3) is 0 Å². The molecule has 0 heterocycles. The molecular weight excluding hydrogens is 487 g/mol. The van der Waals surface area contributed by atoms with Crippen LogP contribution in [-0.4, -0.2) is 3.92 Å². The Kier molecular flexibility index (Phi) is 18.2. The molecule has 31 heavy (non-hydrogen) atoms. The van der Waals surface area contributed by atoms with Crippen molar-refractivity contribution >= 4 is 22.6 Å². The Labute approximate surface area is 208 Å². The van der Waals surface area contributed by atoms with E-state index in [4.69, 9.17) is 0 Å². The normalized spacial score (nSPS) is 14.5. The molecule has 1 atom stereocenters. The van der Waals surface area contributed by atoms with Crippen LogP contribution in [0.2, 0.25) is 0 Å². The summed E-state index contributed by atoms with van der Waals surface area (Å²) in [6, 6.07) is 0. The number of hydrogen-bond donors (Lipinski definition) is 0. The first-order chi connectivity index (χ1) is 14.6. The van der Waals surface area contributed by atoms with Gasteiger partial charge in [-0.05, 0) is 113 Å². The van der Waals surface area contributed by atoms with Crippen LogP contribution in [0.1, 0.15) is 113 Å². The Balaban J connectivity index is 4.25. The van der Waals surface area contributed by atoms with Crippen molar-refractivity contribution in [2.24, 2.45) is 0 Å². The zero-order valence-electron chi connectivity index (χ0n) is 21.8. The fraction of sp³-hybridized carbons (Fsp3) is 0.600. The van der Waals surface area contributed by atoms with Gasteiger partial charge in [-0.25, -0.2) is 0 Å². The standard InChI is InChI=1S/C30H49I/c1-24(2)13-9-15-26(5)17-11-19-28(7)21-22-30(31)23-29(8)20-12-18-27(6)16-10-14-25(3)4/h13-14,17-18,21,23,30H,9-12,15-16,19-20,22H2,1-8H3. The predicted molar refractivity (Wildman–Crippen MR) is 153 cm³/mol. The number of rotatable bonds is 15. The quantitative estimate of drug-likeness (QED) is 0.111. The van der Waals surface area contributed by atoms with E-state index in [1.807, 2.05) is 0 Å². The van der Waals surface area contributed by atoms with E-state index in [2.05, 4.69) is 114 Å². The monoisotopic (exact) mass is 536 g/mol. The first kappa shape index (κ1) is 30.2. The van der Waals surface area contributed by atoms with Crippen molar-refractivity contribution in [1.82, 2.24) is 0 Å². The maximum Gasteiger partial charge on any atom is 0.0326 e. The molecule has 0 aromatic heterocycles. The summed E-state index contributed by atoms with van der Waals surface area (Å²) in [4.78, 5) is 0. The van der Waals surface area contributed by atoms with Crippen LogP contribution in [0, 0.1) is 0 Å². The Morgan fingerprint density at radius 1 is 0.516 bits per heavy atom. The van der Waals surface area contributed by atoms with E-state index in [0.29, 0.717) is 3.92 Å². The largest absolute Gasteiger partial charge is 0.0856 e. The van der Waals surface area contributed by atoms with Crippen molar-refractivity contribution in [3.8, 4) is 0 Å². The lowest BCUT2D eigenvalue weighted by atomic mass is 10.0. The molecule has 0 amide bonds. The Morgan fingerprint density at radius 2 is 0.871 bits per heavy atom. The van der Waals surface area contributed by atoms with Crippen LogP contribution >= 0.6 is 22.6 Å². The lowest BCUT2D eigenvalue weighted by molar-refractivity contribution is 0.903. The highest BCUT2D eigenvalue weighted by atomic mass is 127. The van der Waals surface area contributed by atoms with E-state index in [1.165, 1.54) is 84.8 Å². The summed E-state index contributed by atoms with van der Waals surface area (Å²) in [5.41, 5.74) is 8.94. The van der Waals surface area contributed by atoms with Gasteiger partial charge in [-0.3, -0.25) is 0 Å². The first-order valence-corrected chi connectivity index (χ1v) is 13.4. The Hall–Kier alpha value is -0.830. The third-order valence-corrected chi connectivity index (χ3v) is 6.27. The van der Waals surface area contributed by atoms with E-state index in [1.54, 1.807) is 0 Å². The lowest BCUT2D eigenvalue weighted by Gasteiger charge is -2.06. The second-order valence-corrected chi connectivity index (χ2v) is 11.2. The van der Waals surface area contributed by atoms with E-state index >= 15 is 0 Å². The smallest absolute Gasteiger partial charge is 0.0326 e. The Morgan fingerprint density at radius 3 is 1.29 bits per heavy atom. The van der Waals surface area contributed by atoms with Crippen LogP contribution < -0.4 is 0 Å². The SMILES string of the molecule is CC(C)=CCCC(C)=CCCC(C)=CCC(I)C=C(C)CCC=C(C)CCC=C(C)C. The van der Waals surface area contributed by atoms with Crippen LogP contribution in [-0.2, 0) is 0 Å². The molecule has 0 bridgehead atoms. The molecule has 0 saturated heterocycles. The number of hydrogen-bond acceptors (Lipinski definition) is 0. The van der Waals surface area contributed by atoms with E-state index < -0.39 is 0 Å². The second kappa shape index (κ2) is 18.7. The highest BCUT2D eigenvalue weighted by Crippen LogP contribution is 2.18. The van der Waals surface area contributed by atoms with Gasteiger partial charge in [0.15, 0.2) is 0 Å². The zero-order valence-corrected chi connectivity index (χ0v) is 23.9. The van der Waals surface area contributed by atoms with Crippen LogP contribution in [0.5, 0.6) is 0 Å². The molecule has 0 aliphatic carbocycles. The van der Waals surface area contributed by atoms with Gasteiger partial charge in [-0.15, -0.1) is 0 Å². The molecule has 0 fully saturated rings. The molecule has 0 aromatic rings. The summed E-state index contributed by atoms with van der Waals surface area (Å²) in [7, 11) is 0. The van der Waals surface area contributed by atoms with Crippen LogP contribution in [0.3, 0.4) is 0 Å². The first-order valence-electron chi connectivity index (χ1n) is 12.1. The maximum absolute atomic E-state index is 2.59. The second-order valence-electron chi connectivity index (χ2n) is 9.63. The molecule has 0 rings (SSSR count).